The first kappa shape index (κ1) is 13.1. The number of hydrogen-bond donors (Lipinski definition) is 1. The highest BCUT2D eigenvalue weighted by Crippen LogP contribution is 2.33. The first-order valence-corrected chi connectivity index (χ1v) is 7.24. The number of hydrogen-bond acceptors (Lipinski definition) is 2. The lowest BCUT2D eigenvalue weighted by molar-refractivity contribution is 0.122. The minimum atomic E-state index is 0.601. The Morgan fingerprint density at radius 1 is 1.35 bits per heavy atom. The maximum atomic E-state index is 4.20. The van der Waals surface area contributed by atoms with Crippen molar-refractivity contribution in [2.45, 2.75) is 52.0 Å². The smallest absolute Gasteiger partial charge is 0.0202 e. The van der Waals surface area contributed by atoms with Crippen molar-refractivity contribution in [1.82, 2.24) is 10.2 Å². The van der Waals surface area contributed by atoms with Crippen LogP contribution in [0.15, 0.2) is 12.2 Å². The van der Waals surface area contributed by atoms with E-state index in [0.29, 0.717) is 5.41 Å². The van der Waals surface area contributed by atoms with Crippen molar-refractivity contribution < 1.29 is 0 Å². The molecule has 2 aliphatic rings. The van der Waals surface area contributed by atoms with Crippen molar-refractivity contribution in [1.29, 1.82) is 0 Å². The molecule has 2 rings (SSSR count). The number of nitrogens with one attached hydrogen (secondary N) is 1. The molecule has 0 radical (unpaired) electrons. The summed E-state index contributed by atoms with van der Waals surface area (Å²) in [5, 5.41) is 3.55. The van der Waals surface area contributed by atoms with Crippen LogP contribution in [0.4, 0.5) is 0 Å². The Hall–Kier alpha value is -0.340. The molecule has 0 unspecified atom stereocenters. The molecular formula is C15H28N2. The van der Waals surface area contributed by atoms with Gasteiger partial charge in [-0.1, -0.05) is 26.8 Å². The predicted molar refractivity (Wildman–Crippen MR) is 74.2 cm³/mol. The second-order valence-electron chi connectivity index (χ2n) is 6.35. The second-order valence-corrected chi connectivity index (χ2v) is 6.35. The van der Waals surface area contributed by atoms with E-state index in [1.165, 1.54) is 50.8 Å². The Morgan fingerprint density at radius 3 is 2.53 bits per heavy atom. The molecule has 17 heavy (non-hydrogen) atoms. The molecular weight excluding hydrogens is 208 g/mol. The van der Waals surface area contributed by atoms with Crippen LogP contribution in [-0.4, -0.2) is 37.1 Å². The zero-order chi connectivity index (χ0) is 12.3. The maximum absolute atomic E-state index is 4.20. The van der Waals surface area contributed by atoms with Crippen LogP contribution in [0.5, 0.6) is 0 Å². The van der Waals surface area contributed by atoms with Gasteiger partial charge in [0, 0.05) is 19.1 Å². The van der Waals surface area contributed by atoms with Crippen molar-refractivity contribution in [3.8, 4) is 0 Å². The van der Waals surface area contributed by atoms with Crippen molar-refractivity contribution in [3.05, 3.63) is 12.2 Å². The minimum absolute atomic E-state index is 0.601. The number of nitrogens with zero attached hydrogens (tertiary/aromatic N) is 1. The van der Waals surface area contributed by atoms with Crippen LogP contribution < -0.4 is 5.32 Å². The van der Waals surface area contributed by atoms with E-state index in [1.54, 1.807) is 0 Å². The third-order valence-electron chi connectivity index (χ3n) is 4.58. The summed E-state index contributed by atoms with van der Waals surface area (Å²) in [5.41, 5.74) is 1.96. The van der Waals surface area contributed by atoms with Gasteiger partial charge in [-0.2, -0.15) is 0 Å². The van der Waals surface area contributed by atoms with Crippen LogP contribution in [0.2, 0.25) is 0 Å². The fourth-order valence-corrected chi connectivity index (χ4v) is 2.55. The van der Waals surface area contributed by atoms with E-state index < -0.39 is 0 Å². The fourth-order valence-electron chi connectivity index (χ4n) is 2.55. The molecule has 2 heteroatoms. The molecule has 0 aromatic carbocycles. The third kappa shape index (κ3) is 4.11. The summed E-state index contributed by atoms with van der Waals surface area (Å²) in [7, 11) is 0. The van der Waals surface area contributed by atoms with Gasteiger partial charge in [0.2, 0.25) is 0 Å². The third-order valence-corrected chi connectivity index (χ3v) is 4.58. The fraction of sp³-hybridized carbons (Fsp3) is 0.867. The number of rotatable bonds is 6. The topological polar surface area (TPSA) is 15.3 Å². The van der Waals surface area contributed by atoms with Crippen LogP contribution >= 0.6 is 0 Å². The van der Waals surface area contributed by atoms with Crippen molar-refractivity contribution in [2.75, 3.05) is 26.2 Å². The summed E-state index contributed by atoms with van der Waals surface area (Å²) < 4.78 is 0. The van der Waals surface area contributed by atoms with Crippen LogP contribution in [0.3, 0.4) is 0 Å². The Morgan fingerprint density at radius 2 is 2.00 bits per heavy atom. The largest absolute Gasteiger partial charge is 0.310 e. The molecule has 1 aliphatic carbocycles. The summed E-state index contributed by atoms with van der Waals surface area (Å²) in [6.07, 6.45) is 6.77. The van der Waals surface area contributed by atoms with E-state index in [-0.39, 0.29) is 0 Å². The van der Waals surface area contributed by atoms with Gasteiger partial charge in [0.25, 0.3) is 0 Å². The Bertz CT molecular complexity index is 260. The van der Waals surface area contributed by atoms with Crippen molar-refractivity contribution in [3.63, 3.8) is 0 Å². The summed E-state index contributed by atoms with van der Waals surface area (Å²) >= 11 is 0. The molecule has 1 saturated heterocycles. The first-order valence-electron chi connectivity index (χ1n) is 7.24. The normalized spacial score (nSPS) is 24.8. The van der Waals surface area contributed by atoms with Crippen LogP contribution in [0, 0.1) is 5.41 Å². The zero-order valence-corrected chi connectivity index (χ0v) is 11.6. The lowest BCUT2D eigenvalue weighted by atomic mass is 9.78. The summed E-state index contributed by atoms with van der Waals surface area (Å²) in [4.78, 5) is 2.58. The van der Waals surface area contributed by atoms with E-state index in [0.717, 1.165) is 19.1 Å². The molecule has 98 valence electrons. The quantitative estimate of drug-likeness (QED) is 0.713. The molecule has 0 amide bonds. The summed E-state index contributed by atoms with van der Waals surface area (Å²) in [6, 6.07) is 0.802. The van der Waals surface area contributed by atoms with E-state index in [4.69, 9.17) is 0 Å². The van der Waals surface area contributed by atoms with E-state index in [1.807, 2.05) is 0 Å². The molecule has 1 aliphatic heterocycles. The van der Waals surface area contributed by atoms with Gasteiger partial charge in [-0.25, -0.2) is 0 Å². The average Bonchev–Trinajstić information content (AvgIpc) is 3.14. The SMILES string of the molecule is C=C(CNC1CC1)CN1CCC(C)(CC)CC1. The van der Waals surface area contributed by atoms with Gasteiger partial charge in [-0.05, 0) is 49.8 Å². The monoisotopic (exact) mass is 236 g/mol. The molecule has 0 bridgehead atoms. The van der Waals surface area contributed by atoms with E-state index in [9.17, 15) is 0 Å². The zero-order valence-electron chi connectivity index (χ0n) is 11.6. The lowest BCUT2D eigenvalue weighted by Crippen LogP contribution is -2.40. The van der Waals surface area contributed by atoms with Gasteiger partial charge in [0.1, 0.15) is 0 Å². The highest BCUT2D eigenvalue weighted by molar-refractivity contribution is 5.02. The van der Waals surface area contributed by atoms with E-state index in [2.05, 4.69) is 30.6 Å². The van der Waals surface area contributed by atoms with Gasteiger partial charge >= 0.3 is 0 Å². The summed E-state index contributed by atoms with van der Waals surface area (Å²) in [6.45, 7) is 13.6. The highest BCUT2D eigenvalue weighted by Gasteiger charge is 2.28. The number of likely N-dealkylation sites (tertiary alicyclic amines) is 1. The van der Waals surface area contributed by atoms with Gasteiger partial charge in [0.05, 0.1) is 0 Å². The second kappa shape index (κ2) is 5.53. The molecule has 1 heterocycles. The molecule has 2 fully saturated rings. The molecule has 0 spiro atoms. The predicted octanol–water partition coefficient (Wildman–Crippen LogP) is 2.81. The Kier molecular flexibility index (Phi) is 4.26. The first-order chi connectivity index (χ1) is 8.11. The van der Waals surface area contributed by atoms with E-state index >= 15 is 0 Å². The lowest BCUT2D eigenvalue weighted by Gasteiger charge is -2.39. The molecule has 0 aromatic rings. The van der Waals surface area contributed by atoms with Gasteiger partial charge in [-0.3, -0.25) is 4.90 Å². The van der Waals surface area contributed by atoms with Crippen molar-refractivity contribution in [2.24, 2.45) is 5.41 Å². The minimum Gasteiger partial charge on any atom is -0.310 e. The maximum Gasteiger partial charge on any atom is 0.0202 e. The molecule has 1 N–H and O–H groups in total. The molecule has 2 nitrogen and oxygen atoms in total. The van der Waals surface area contributed by atoms with Gasteiger partial charge in [0.15, 0.2) is 0 Å². The molecule has 1 saturated carbocycles. The summed E-state index contributed by atoms with van der Waals surface area (Å²) in [5.74, 6) is 0. The highest BCUT2D eigenvalue weighted by atomic mass is 15.1. The van der Waals surface area contributed by atoms with Crippen LogP contribution in [0.1, 0.15) is 46.0 Å². The molecule has 0 atom stereocenters. The van der Waals surface area contributed by atoms with Crippen LogP contribution in [-0.2, 0) is 0 Å². The van der Waals surface area contributed by atoms with Gasteiger partial charge < -0.3 is 5.32 Å². The van der Waals surface area contributed by atoms with Gasteiger partial charge in [-0.15, -0.1) is 0 Å². The Balaban J connectivity index is 1.64. The molecule has 0 aromatic heterocycles. The Labute approximate surface area is 106 Å². The van der Waals surface area contributed by atoms with Crippen molar-refractivity contribution >= 4 is 0 Å². The van der Waals surface area contributed by atoms with Crippen LogP contribution in [0.25, 0.3) is 0 Å². The standard InChI is InChI=1S/C15H28N2/c1-4-15(3)7-9-17(10-8-15)12-13(2)11-16-14-5-6-14/h14,16H,2,4-12H2,1,3H3. The average molecular weight is 236 g/mol. The number of piperidine rings is 1.